The Morgan fingerprint density at radius 3 is 1.84 bits per heavy atom. The average molecular weight is 459 g/mol. The van der Waals surface area contributed by atoms with Crippen LogP contribution in [0, 0.1) is 5.92 Å². The van der Waals surface area contributed by atoms with E-state index >= 15 is 0 Å². The molecule has 0 saturated carbocycles. The van der Waals surface area contributed by atoms with Crippen molar-refractivity contribution >= 4 is 35.6 Å². The van der Waals surface area contributed by atoms with Crippen molar-refractivity contribution in [3.63, 3.8) is 0 Å². The lowest BCUT2D eigenvalue weighted by atomic mass is 10.0. The zero-order valence-corrected chi connectivity index (χ0v) is 18.5. The van der Waals surface area contributed by atoms with Crippen molar-refractivity contribution in [3.05, 3.63) is 0 Å². The van der Waals surface area contributed by atoms with Crippen molar-refractivity contribution in [1.29, 1.82) is 0 Å². The molecule has 0 aromatic carbocycles. The SMILES string of the molecule is CC(N)C(=O)NC(CCCN=C(N)N)C(=O)NC(CC(N)=O)C(=O)NC(C(=O)O)C(C)C. The lowest BCUT2D eigenvalue weighted by Crippen LogP contribution is -2.58. The number of aliphatic imine (C=N–C) groups is 1. The van der Waals surface area contributed by atoms with Gasteiger partial charge >= 0.3 is 5.97 Å². The zero-order chi connectivity index (χ0) is 25.0. The van der Waals surface area contributed by atoms with E-state index in [-0.39, 0.29) is 18.9 Å². The number of rotatable bonds is 14. The zero-order valence-electron chi connectivity index (χ0n) is 18.5. The van der Waals surface area contributed by atoms with Gasteiger partial charge in [0.25, 0.3) is 0 Å². The molecule has 182 valence electrons. The molecule has 0 aromatic heterocycles. The van der Waals surface area contributed by atoms with E-state index in [1.165, 1.54) is 6.92 Å². The van der Waals surface area contributed by atoms with Gasteiger partial charge in [0.1, 0.15) is 18.1 Å². The Balaban J connectivity index is 5.48. The predicted molar refractivity (Wildman–Crippen MR) is 116 cm³/mol. The molecule has 0 radical (unpaired) electrons. The van der Waals surface area contributed by atoms with Crippen LogP contribution in [0.15, 0.2) is 4.99 Å². The fraction of sp³-hybridized carbons (Fsp3) is 0.667. The number of primary amides is 1. The van der Waals surface area contributed by atoms with Gasteiger partial charge < -0.3 is 44.0 Å². The highest BCUT2D eigenvalue weighted by Crippen LogP contribution is 2.05. The summed E-state index contributed by atoms with van der Waals surface area (Å²) >= 11 is 0. The highest BCUT2D eigenvalue weighted by molar-refractivity contribution is 5.96. The minimum Gasteiger partial charge on any atom is -0.480 e. The molecule has 12 N–H and O–H groups in total. The van der Waals surface area contributed by atoms with Crippen molar-refractivity contribution in [2.45, 2.75) is 64.2 Å². The van der Waals surface area contributed by atoms with Crippen LogP contribution in [0.1, 0.15) is 40.0 Å². The van der Waals surface area contributed by atoms with E-state index in [1.807, 2.05) is 0 Å². The number of carbonyl (C=O) groups excluding carboxylic acids is 4. The molecule has 0 aliphatic rings. The Morgan fingerprint density at radius 1 is 0.875 bits per heavy atom. The van der Waals surface area contributed by atoms with Crippen LogP contribution in [0.5, 0.6) is 0 Å². The molecular weight excluding hydrogens is 424 g/mol. The predicted octanol–water partition coefficient (Wildman–Crippen LogP) is -3.54. The molecule has 0 spiro atoms. The molecular formula is C18H34N8O6. The molecule has 4 atom stereocenters. The van der Waals surface area contributed by atoms with Crippen LogP contribution in [0.4, 0.5) is 0 Å². The highest BCUT2D eigenvalue weighted by Gasteiger charge is 2.31. The minimum absolute atomic E-state index is 0.0930. The standard InChI is InChI=1S/C18H34N8O6/c1-8(2)13(17(31)32)26-16(30)11(7-12(20)27)25-15(29)10(24-14(28)9(3)19)5-4-6-23-18(21)22/h8-11,13H,4-7,19H2,1-3H3,(H2,20,27)(H,24,28)(H,25,29)(H,26,30)(H,31,32)(H4,21,22,23). The summed E-state index contributed by atoms with van der Waals surface area (Å²) in [7, 11) is 0. The van der Waals surface area contributed by atoms with Gasteiger partial charge in [-0.1, -0.05) is 13.8 Å². The summed E-state index contributed by atoms with van der Waals surface area (Å²) in [5.74, 6) is -5.09. The summed E-state index contributed by atoms with van der Waals surface area (Å²) in [4.78, 5) is 63.9. The first-order valence-corrected chi connectivity index (χ1v) is 9.99. The Kier molecular flexibility index (Phi) is 12.3. The van der Waals surface area contributed by atoms with E-state index in [1.54, 1.807) is 13.8 Å². The molecule has 32 heavy (non-hydrogen) atoms. The number of nitrogens with one attached hydrogen (secondary N) is 3. The monoisotopic (exact) mass is 458 g/mol. The number of aliphatic carboxylic acids is 1. The molecule has 0 saturated heterocycles. The maximum absolute atomic E-state index is 12.8. The normalized spacial score (nSPS) is 14.4. The average Bonchev–Trinajstić information content (AvgIpc) is 2.66. The van der Waals surface area contributed by atoms with Crippen LogP contribution in [0.3, 0.4) is 0 Å². The molecule has 4 amide bonds. The number of hydrogen-bond acceptors (Lipinski definition) is 7. The maximum Gasteiger partial charge on any atom is 0.326 e. The fourth-order valence-corrected chi connectivity index (χ4v) is 2.53. The second kappa shape index (κ2) is 13.8. The second-order valence-corrected chi connectivity index (χ2v) is 7.60. The number of carbonyl (C=O) groups is 5. The van der Waals surface area contributed by atoms with Gasteiger partial charge in [0.05, 0.1) is 12.5 Å². The van der Waals surface area contributed by atoms with Gasteiger partial charge in [0.15, 0.2) is 5.96 Å². The number of nitrogens with two attached hydrogens (primary N) is 4. The summed E-state index contributed by atoms with van der Waals surface area (Å²) in [5.41, 5.74) is 21.2. The Morgan fingerprint density at radius 2 is 1.41 bits per heavy atom. The lowest BCUT2D eigenvalue weighted by molar-refractivity contribution is -0.143. The number of carboxylic acids is 1. The number of nitrogens with zero attached hydrogens (tertiary/aromatic N) is 1. The number of carboxylic acid groups (broad SMARTS) is 1. The number of amides is 4. The van der Waals surface area contributed by atoms with Crippen molar-refractivity contribution in [2.24, 2.45) is 33.8 Å². The maximum atomic E-state index is 12.8. The van der Waals surface area contributed by atoms with Crippen molar-refractivity contribution in [2.75, 3.05) is 6.54 Å². The fourth-order valence-electron chi connectivity index (χ4n) is 2.53. The van der Waals surface area contributed by atoms with Crippen LogP contribution in [-0.4, -0.2) is 71.4 Å². The first-order chi connectivity index (χ1) is 14.8. The van der Waals surface area contributed by atoms with Crippen LogP contribution >= 0.6 is 0 Å². The first kappa shape index (κ1) is 28.6. The van der Waals surface area contributed by atoms with E-state index in [9.17, 15) is 29.1 Å². The largest absolute Gasteiger partial charge is 0.480 e. The van der Waals surface area contributed by atoms with E-state index in [4.69, 9.17) is 22.9 Å². The smallest absolute Gasteiger partial charge is 0.326 e. The molecule has 0 aliphatic heterocycles. The Bertz CT molecular complexity index is 720. The lowest BCUT2D eigenvalue weighted by Gasteiger charge is -2.25. The Labute approximate surface area is 185 Å². The second-order valence-electron chi connectivity index (χ2n) is 7.60. The molecule has 0 aromatic rings. The van der Waals surface area contributed by atoms with Gasteiger partial charge in [-0.3, -0.25) is 24.2 Å². The first-order valence-electron chi connectivity index (χ1n) is 9.99. The molecule has 14 nitrogen and oxygen atoms in total. The van der Waals surface area contributed by atoms with Gasteiger partial charge in [-0.15, -0.1) is 0 Å². The van der Waals surface area contributed by atoms with Crippen LogP contribution in [0.25, 0.3) is 0 Å². The summed E-state index contributed by atoms with van der Waals surface area (Å²) < 4.78 is 0. The summed E-state index contributed by atoms with van der Waals surface area (Å²) in [6.07, 6.45) is -0.184. The number of hydrogen-bond donors (Lipinski definition) is 8. The summed E-state index contributed by atoms with van der Waals surface area (Å²) in [5, 5.41) is 16.3. The van der Waals surface area contributed by atoms with Crippen LogP contribution in [-0.2, 0) is 24.0 Å². The molecule has 0 fully saturated rings. The molecule has 4 unspecified atom stereocenters. The van der Waals surface area contributed by atoms with Gasteiger partial charge in [-0.25, -0.2) is 4.79 Å². The van der Waals surface area contributed by atoms with Crippen molar-refractivity contribution in [1.82, 2.24) is 16.0 Å². The molecule has 0 heterocycles. The molecule has 0 bridgehead atoms. The third kappa shape index (κ3) is 11.1. The van der Waals surface area contributed by atoms with E-state index in [2.05, 4.69) is 20.9 Å². The van der Waals surface area contributed by atoms with Gasteiger partial charge in [-0.05, 0) is 25.7 Å². The third-order valence-electron chi connectivity index (χ3n) is 4.26. The number of guanidine groups is 1. The quantitative estimate of drug-likeness (QED) is 0.0726. The van der Waals surface area contributed by atoms with Crippen LogP contribution < -0.4 is 38.9 Å². The highest BCUT2D eigenvalue weighted by atomic mass is 16.4. The minimum atomic E-state index is -1.45. The Hall–Kier alpha value is -3.42. The van der Waals surface area contributed by atoms with E-state index in [0.717, 1.165) is 0 Å². The van der Waals surface area contributed by atoms with Crippen molar-refractivity contribution < 1.29 is 29.1 Å². The topological polar surface area (TPSA) is 258 Å². The summed E-state index contributed by atoms with van der Waals surface area (Å²) in [6, 6.07) is -4.72. The van der Waals surface area contributed by atoms with E-state index in [0.29, 0.717) is 6.42 Å². The molecule has 14 heteroatoms. The van der Waals surface area contributed by atoms with Gasteiger partial charge in [0.2, 0.25) is 23.6 Å². The van der Waals surface area contributed by atoms with Crippen LogP contribution in [0.2, 0.25) is 0 Å². The van der Waals surface area contributed by atoms with Crippen molar-refractivity contribution in [3.8, 4) is 0 Å². The molecule has 0 rings (SSSR count). The molecule has 0 aliphatic carbocycles. The van der Waals surface area contributed by atoms with E-state index < -0.39 is 66.1 Å². The summed E-state index contributed by atoms with van der Waals surface area (Å²) in [6.45, 7) is 4.76. The van der Waals surface area contributed by atoms with Gasteiger partial charge in [-0.2, -0.15) is 0 Å². The third-order valence-corrected chi connectivity index (χ3v) is 4.26. The van der Waals surface area contributed by atoms with Gasteiger partial charge in [0, 0.05) is 6.54 Å².